The van der Waals surface area contributed by atoms with Crippen LogP contribution in [-0.4, -0.2) is 26.1 Å². The monoisotopic (exact) mass is 318 g/mol. The SMILES string of the molecule is C[C@]1(S(=O)(=O)c2ccccc2)O[C@@H]1COCc1ccccc1. The van der Waals surface area contributed by atoms with E-state index < -0.39 is 20.9 Å². The minimum atomic E-state index is -3.51. The van der Waals surface area contributed by atoms with Crippen molar-refractivity contribution >= 4 is 9.84 Å². The van der Waals surface area contributed by atoms with Crippen LogP contribution >= 0.6 is 0 Å². The second-order valence-corrected chi connectivity index (χ2v) is 7.73. The van der Waals surface area contributed by atoms with Crippen molar-refractivity contribution in [2.75, 3.05) is 6.61 Å². The van der Waals surface area contributed by atoms with Crippen molar-refractivity contribution in [3.63, 3.8) is 0 Å². The summed E-state index contributed by atoms with van der Waals surface area (Å²) in [6.45, 7) is 2.31. The van der Waals surface area contributed by atoms with E-state index in [-0.39, 0.29) is 11.5 Å². The Morgan fingerprint density at radius 2 is 1.64 bits per heavy atom. The van der Waals surface area contributed by atoms with Gasteiger partial charge in [0, 0.05) is 0 Å². The normalized spacial score (nSPS) is 24.1. The smallest absolute Gasteiger partial charge is 0.210 e. The minimum Gasteiger partial charge on any atom is -0.374 e. The van der Waals surface area contributed by atoms with Crippen LogP contribution in [0.2, 0.25) is 0 Å². The van der Waals surface area contributed by atoms with E-state index in [9.17, 15) is 8.42 Å². The van der Waals surface area contributed by atoms with Crippen LogP contribution in [0, 0.1) is 0 Å². The van der Waals surface area contributed by atoms with Crippen LogP contribution in [0.3, 0.4) is 0 Å². The summed E-state index contributed by atoms with van der Waals surface area (Å²) in [5, 5.41) is 0. The van der Waals surface area contributed by atoms with Crippen LogP contribution in [0.5, 0.6) is 0 Å². The van der Waals surface area contributed by atoms with Crippen molar-refractivity contribution < 1.29 is 17.9 Å². The summed E-state index contributed by atoms with van der Waals surface area (Å²) in [5.41, 5.74) is 1.05. The summed E-state index contributed by atoms with van der Waals surface area (Å²) >= 11 is 0. The lowest BCUT2D eigenvalue weighted by Gasteiger charge is -2.09. The zero-order chi connectivity index (χ0) is 15.6. The van der Waals surface area contributed by atoms with Crippen LogP contribution < -0.4 is 0 Å². The molecule has 1 heterocycles. The summed E-state index contributed by atoms with van der Waals surface area (Å²) < 4.78 is 36.2. The van der Waals surface area contributed by atoms with E-state index in [4.69, 9.17) is 9.47 Å². The fourth-order valence-corrected chi connectivity index (χ4v) is 4.00. The predicted octanol–water partition coefficient (Wildman–Crippen LogP) is 2.79. The molecule has 2 aromatic rings. The highest BCUT2D eigenvalue weighted by Crippen LogP contribution is 2.44. The van der Waals surface area contributed by atoms with Gasteiger partial charge in [0.25, 0.3) is 0 Å². The second kappa shape index (κ2) is 5.83. The molecule has 0 aromatic heterocycles. The summed E-state index contributed by atoms with van der Waals surface area (Å²) in [7, 11) is -3.51. The zero-order valence-corrected chi connectivity index (χ0v) is 13.1. The molecular weight excluding hydrogens is 300 g/mol. The maximum atomic E-state index is 12.6. The molecule has 0 saturated carbocycles. The van der Waals surface area contributed by atoms with Gasteiger partial charge in [0.15, 0.2) is 4.93 Å². The lowest BCUT2D eigenvalue weighted by molar-refractivity contribution is 0.104. The van der Waals surface area contributed by atoms with Crippen molar-refractivity contribution in [2.45, 2.75) is 29.5 Å². The van der Waals surface area contributed by atoms with Gasteiger partial charge in [-0.15, -0.1) is 0 Å². The van der Waals surface area contributed by atoms with E-state index >= 15 is 0 Å². The molecule has 0 N–H and O–H groups in total. The number of benzene rings is 2. The third kappa shape index (κ3) is 2.79. The molecule has 0 unspecified atom stereocenters. The van der Waals surface area contributed by atoms with Crippen molar-refractivity contribution in [1.82, 2.24) is 0 Å². The third-order valence-electron chi connectivity index (χ3n) is 3.87. The molecule has 1 saturated heterocycles. The van der Waals surface area contributed by atoms with Crippen LogP contribution in [0.25, 0.3) is 0 Å². The van der Waals surface area contributed by atoms with Gasteiger partial charge in [0.2, 0.25) is 9.84 Å². The first-order valence-electron chi connectivity index (χ1n) is 7.13. The molecule has 0 bridgehead atoms. The van der Waals surface area contributed by atoms with Gasteiger partial charge in [-0.25, -0.2) is 8.42 Å². The first-order valence-corrected chi connectivity index (χ1v) is 8.61. The Balaban J connectivity index is 1.60. The Morgan fingerprint density at radius 3 is 2.27 bits per heavy atom. The largest absolute Gasteiger partial charge is 0.374 e. The lowest BCUT2D eigenvalue weighted by Crippen LogP contribution is -2.26. The maximum absolute atomic E-state index is 12.6. The number of sulfone groups is 1. The standard InChI is InChI=1S/C17H18O4S/c1-17(22(18,19)15-10-6-3-7-11-15)16(21-17)13-20-12-14-8-4-2-5-9-14/h2-11,16H,12-13H2,1H3/t16-,17-/m1/s1. The molecule has 0 radical (unpaired) electrons. The zero-order valence-electron chi connectivity index (χ0n) is 12.3. The van der Waals surface area contributed by atoms with Gasteiger partial charge < -0.3 is 9.47 Å². The molecule has 1 fully saturated rings. The second-order valence-electron chi connectivity index (χ2n) is 5.44. The summed E-state index contributed by atoms with van der Waals surface area (Å²) in [6, 6.07) is 18.1. The number of ether oxygens (including phenoxy) is 2. The van der Waals surface area contributed by atoms with E-state index in [2.05, 4.69) is 0 Å². The molecular formula is C17H18O4S. The predicted molar refractivity (Wildman–Crippen MR) is 83.0 cm³/mol. The van der Waals surface area contributed by atoms with Gasteiger partial charge in [0.05, 0.1) is 18.1 Å². The van der Waals surface area contributed by atoms with Crippen molar-refractivity contribution in [2.24, 2.45) is 0 Å². The molecule has 1 aliphatic heterocycles. The molecule has 22 heavy (non-hydrogen) atoms. The quantitative estimate of drug-likeness (QED) is 0.769. The average Bonchev–Trinajstić information content (AvgIpc) is 3.22. The van der Waals surface area contributed by atoms with Gasteiger partial charge >= 0.3 is 0 Å². The van der Waals surface area contributed by atoms with E-state index in [1.807, 2.05) is 30.3 Å². The first kappa shape index (κ1) is 15.2. The fourth-order valence-electron chi connectivity index (χ4n) is 2.36. The van der Waals surface area contributed by atoms with Crippen molar-refractivity contribution in [3.05, 3.63) is 66.2 Å². The van der Waals surface area contributed by atoms with Crippen LogP contribution in [0.4, 0.5) is 0 Å². The highest BCUT2D eigenvalue weighted by atomic mass is 32.2. The van der Waals surface area contributed by atoms with Gasteiger partial charge in [0.1, 0.15) is 6.10 Å². The van der Waals surface area contributed by atoms with E-state index in [1.54, 1.807) is 37.3 Å². The fraction of sp³-hybridized carbons (Fsp3) is 0.294. The number of hydrogen-bond donors (Lipinski definition) is 0. The Morgan fingerprint density at radius 1 is 1.05 bits per heavy atom. The molecule has 3 rings (SSSR count). The summed E-state index contributed by atoms with van der Waals surface area (Å²) in [6.07, 6.45) is -0.429. The Labute approximate surface area is 130 Å². The molecule has 116 valence electrons. The molecule has 1 aliphatic rings. The molecule has 5 heteroatoms. The Kier molecular flexibility index (Phi) is 4.04. The van der Waals surface area contributed by atoms with Crippen molar-refractivity contribution in [1.29, 1.82) is 0 Å². The highest BCUT2D eigenvalue weighted by Gasteiger charge is 2.62. The molecule has 4 nitrogen and oxygen atoms in total. The first-order chi connectivity index (χ1) is 10.5. The van der Waals surface area contributed by atoms with Gasteiger partial charge in [-0.3, -0.25) is 0 Å². The number of hydrogen-bond acceptors (Lipinski definition) is 4. The topological polar surface area (TPSA) is 55.9 Å². The molecule has 0 amide bonds. The van der Waals surface area contributed by atoms with Gasteiger partial charge in [-0.2, -0.15) is 0 Å². The summed E-state index contributed by atoms with van der Waals surface area (Å²) in [4.78, 5) is -0.909. The van der Waals surface area contributed by atoms with Gasteiger partial charge in [-0.1, -0.05) is 48.5 Å². The number of epoxide rings is 1. The Hall–Kier alpha value is -1.69. The Bertz CT molecular complexity index is 728. The van der Waals surface area contributed by atoms with Crippen molar-refractivity contribution in [3.8, 4) is 0 Å². The summed E-state index contributed by atoms with van der Waals surface area (Å²) in [5.74, 6) is 0. The van der Waals surface area contributed by atoms with E-state index in [0.717, 1.165) is 5.56 Å². The van der Waals surface area contributed by atoms with E-state index in [0.29, 0.717) is 6.61 Å². The maximum Gasteiger partial charge on any atom is 0.210 e. The molecule has 0 spiro atoms. The lowest BCUT2D eigenvalue weighted by atomic mass is 10.2. The highest BCUT2D eigenvalue weighted by molar-refractivity contribution is 7.93. The van der Waals surface area contributed by atoms with Crippen LogP contribution in [0.1, 0.15) is 12.5 Å². The van der Waals surface area contributed by atoms with E-state index in [1.165, 1.54) is 0 Å². The third-order valence-corrected chi connectivity index (χ3v) is 6.19. The van der Waals surface area contributed by atoms with Gasteiger partial charge in [-0.05, 0) is 24.6 Å². The minimum absolute atomic E-state index is 0.261. The molecule has 0 aliphatic carbocycles. The van der Waals surface area contributed by atoms with Crippen LogP contribution in [0.15, 0.2) is 65.6 Å². The average molecular weight is 318 g/mol. The molecule has 2 atom stereocenters. The molecule has 2 aromatic carbocycles. The number of rotatable bonds is 6. The van der Waals surface area contributed by atoms with Crippen LogP contribution in [-0.2, 0) is 25.9 Å².